The van der Waals surface area contributed by atoms with Gasteiger partial charge in [0, 0.05) is 30.9 Å². The number of hydrogen-bond acceptors (Lipinski definition) is 3. The van der Waals surface area contributed by atoms with Crippen LogP contribution in [0.4, 0.5) is 4.39 Å². The molecule has 0 radical (unpaired) electrons. The van der Waals surface area contributed by atoms with Gasteiger partial charge < -0.3 is 4.90 Å². The molecule has 32 heavy (non-hydrogen) atoms. The number of pyridine rings is 1. The van der Waals surface area contributed by atoms with Crippen LogP contribution in [0.15, 0.2) is 77.7 Å². The third-order valence-electron chi connectivity index (χ3n) is 5.10. The Morgan fingerprint density at radius 3 is 2.38 bits per heavy atom. The first-order valence-electron chi connectivity index (χ1n) is 10.4. The van der Waals surface area contributed by atoms with E-state index in [1.54, 1.807) is 4.90 Å². The van der Waals surface area contributed by atoms with E-state index in [-0.39, 0.29) is 10.6 Å². The lowest BCUT2D eigenvalue weighted by molar-refractivity contribution is -0.134. The van der Waals surface area contributed by atoms with Gasteiger partial charge >= 0.3 is 0 Å². The summed E-state index contributed by atoms with van der Waals surface area (Å²) >= 11 is 6.08. The predicted octanol–water partition coefficient (Wildman–Crippen LogP) is 4.89. The van der Waals surface area contributed by atoms with Crippen LogP contribution in [0.2, 0.25) is 5.02 Å². The summed E-state index contributed by atoms with van der Waals surface area (Å²) in [6.07, 6.45) is 2.88. The van der Waals surface area contributed by atoms with Gasteiger partial charge in [-0.1, -0.05) is 55.3 Å². The zero-order valence-electron chi connectivity index (χ0n) is 17.7. The predicted molar refractivity (Wildman–Crippen MR) is 122 cm³/mol. The van der Waals surface area contributed by atoms with Crippen LogP contribution in [0.5, 0.6) is 0 Å². The molecule has 0 aliphatic carbocycles. The largest absolute Gasteiger partial charge is 0.336 e. The molecule has 166 valence electrons. The lowest BCUT2D eigenvalue weighted by Crippen LogP contribution is -2.43. The third kappa shape index (κ3) is 5.71. The summed E-state index contributed by atoms with van der Waals surface area (Å²) in [6, 6.07) is 15.5. The standard InChI is InChI=1S/C25H24ClFN2O3/c1-2-3-15-28(16-18-7-5-4-6-8-18)25(32)23(29-17-20(26)11-14-22(29)30)24(31)19-9-12-21(27)13-10-19/h4-14,17,23H,2-3,15-16H2,1H3/t23-/m1/s1. The molecule has 1 aromatic heterocycles. The number of carbonyl (C=O) groups excluding carboxylic acids is 2. The molecule has 1 amide bonds. The summed E-state index contributed by atoms with van der Waals surface area (Å²) in [6.45, 7) is 2.72. The number of carbonyl (C=O) groups is 2. The number of benzene rings is 2. The van der Waals surface area contributed by atoms with Crippen molar-refractivity contribution in [1.29, 1.82) is 0 Å². The SMILES string of the molecule is CCCCN(Cc1ccccc1)C(=O)[C@@H](C(=O)c1ccc(F)cc1)n1cc(Cl)ccc1=O. The Morgan fingerprint density at radius 2 is 1.72 bits per heavy atom. The van der Waals surface area contributed by atoms with E-state index in [0.717, 1.165) is 35.1 Å². The highest BCUT2D eigenvalue weighted by Crippen LogP contribution is 2.21. The molecule has 0 spiro atoms. The average molecular weight is 455 g/mol. The smallest absolute Gasteiger partial charge is 0.254 e. The molecule has 0 N–H and O–H groups in total. The summed E-state index contributed by atoms with van der Waals surface area (Å²) in [4.78, 5) is 41.4. The van der Waals surface area contributed by atoms with Crippen molar-refractivity contribution in [2.45, 2.75) is 32.4 Å². The van der Waals surface area contributed by atoms with Gasteiger partial charge in [-0.05, 0) is 42.3 Å². The van der Waals surface area contributed by atoms with Gasteiger partial charge in [-0.15, -0.1) is 0 Å². The molecule has 0 fully saturated rings. The Hall–Kier alpha value is -3.25. The Balaban J connectivity index is 2.05. The van der Waals surface area contributed by atoms with Gasteiger partial charge in [0.15, 0.2) is 11.8 Å². The van der Waals surface area contributed by atoms with Crippen LogP contribution in [0.1, 0.15) is 41.7 Å². The Bertz CT molecular complexity index is 1130. The van der Waals surface area contributed by atoms with Gasteiger partial charge in [-0.3, -0.25) is 19.0 Å². The fraction of sp³-hybridized carbons (Fsp3) is 0.240. The summed E-state index contributed by atoms with van der Waals surface area (Å²) in [5.74, 6) is -1.62. The molecule has 7 heteroatoms. The fourth-order valence-corrected chi connectivity index (χ4v) is 3.57. The lowest BCUT2D eigenvalue weighted by Gasteiger charge is -2.28. The van der Waals surface area contributed by atoms with Crippen molar-refractivity contribution in [2.24, 2.45) is 0 Å². The van der Waals surface area contributed by atoms with Gasteiger partial charge in [0.05, 0.1) is 5.02 Å². The number of nitrogens with zero attached hydrogens (tertiary/aromatic N) is 2. The molecular weight excluding hydrogens is 431 g/mol. The highest BCUT2D eigenvalue weighted by Gasteiger charge is 2.33. The Labute approximate surface area is 191 Å². The Kier molecular flexibility index (Phi) is 7.95. The van der Waals surface area contributed by atoms with Gasteiger partial charge in [-0.25, -0.2) is 4.39 Å². The van der Waals surface area contributed by atoms with E-state index >= 15 is 0 Å². The van der Waals surface area contributed by atoms with E-state index in [9.17, 15) is 18.8 Å². The maximum atomic E-state index is 13.7. The summed E-state index contributed by atoms with van der Waals surface area (Å²) in [5, 5.41) is 0.220. The van der Waals surface area contributed by atoms with E-state index in [1.165, 1.54) is 30.5 Å². The zero-order valence-corrected chi connectivity index (χ0v) is 18.5. The second-order valence-electron chi connectivity index (χ2n) is 7.47. The minimum Gasteiger partial charge on any atom is -0.336 e. The summed E-state index contributed by atoms with van der Waals surface area (Å²) in [5.41, 5.74) is 0.508. The molecule has 0 unspecified atom stereocenters. The number of aromatic nitrogens is 1. The van der Waals surface area contributed by atoms with Crippen molar-refractivity contribution in [2.75, 3.05) is 6.54 Å². The van der Waals surface area contributed by atoms with Crippen molar-refractivity contribution < 1.29 is 14.0 Å². The second kappa shape index (κ2) is 10.9. The van der Waals surface area contributed by atoms with E-state index in [0.29, 0.717) is 13.1 Å². The van der Waals surface area contributed by atoms with Crippen LogP contribution in [-0.2, 0) is 11.3 Å². The quantitative estimate of drug-likeness (QED) is 0.341. The average Bonchev–Trinajstić information content (AvgIpc) is 2.80. The third-order valence-corrected chi connectivity index (χ3v) is 5.32. The van der Waals surface area contributed by atoms with Gasteiger partial charge in [0.1, 0.15) is 5.82 Å². The Morgan fingerprint density at radius 1 is 1.03 bits per heavy atom. The minimum absolute atomic E-state index is 0.131. The van der Waals surface area contributed by atoms with Crippen LogP contribution >= 0.6 is 11.6 Å². The first kappa shape index (κ1) is 23.4. The molecule has 0 saturated heterocycles. The first-order valence-corrected chi connectivity index (χ1v) is 10.8. The maximum absolute atomic E-state index is 13.7. The molecule has 2 aromatic carbocycles. The van der Waals surface area contributed by atoms with Crippen molar-refractivity contribution in [3.8, 4) is 0 Å². The van der Waals surface area contributed by atoms with E-state index < -0.39 is 29.1 Å². The number of halogens is 2. The zero-order chi connectivity index (χ0) is 23.1. The highest BCUT2D eigenvalue weighted by molar-refractivity contribution is 6.30. The summed E-state index contributed by atoms with van der Waals surface area (Å²) in [7, 11) is 0. The molecule has 1 atom stereocenters. The molecule has 5 nitrogen and oxygen atoms in total. The molecule has 0 aliphatic rings. The van der Waals surface area contributed by atoms with Crippen LogP contribution in [-0.4, -0.2) is 27.7 Å². The lowest BCUT2D eigenvalue weighted by atomic mass is 10.0. The monoisotopic (exact) mass is 454 g/mol. The van der Waals surface area contributed by atoms with Crippen LogP contribution < -0.4 is 5.56 Å². The van der Waals surface area contributed by atoms with Gasteiger partial charge in [-0.2, -0.15) is 0 Å². The van der Waals surface area contributed by atoms with E-state index in [4.69, 9.17) is 11.6 Å². The normalized spacial score (nSPS) is 11.7. The first-order chi connectivity index (χ1) is 15.4. The number of ketones is 1. The minimum atomic E-state index is -1.45. The van der Waals surface area contributed by atoms with Crippen LogP contribution in [0.25, 0.3) is 0 Å². The molecule has 1 heterocycles. The second-order valence-corrected chi connectivity index (χ2v) is 7.90. The van der Waals surface area contributed by atoms with Crippen molar-refractivity contribution in [3.63, 3.8) is 0 Å². The number of amides is 1. The maximum Gasteiger partial charge on any atom is 0.254 e. The van der Waals surface area contributed by atoms with Gasteiger partial charge in [0.2, 0.25) is 0 Å². The van der Waals surface area contributed by atoms with Crippen LogP contribution in [0, 0.1) is 5.82 Å². The molecule has 3 aromatic rings. The number of unbranched alkanes of at least 4 members (excludes halogenated alkanes) is 1. The van der Waals surface area contributed by atoms with E-state index in [1.807, 2.05) is 37.3 Å². The van der Waals surface area contributed by atoms with Crippen molar-refractivity contribution in [3.05, 3.63) is 105 Å². The summed E-state index contributed by atoms with van der Waals surface area (Å²) < 4.78 is 14.5. The molecule has 0 aliphatic heterocycles. The fourth-order valence-electron chi connectivity index (χ4n) is 3.40. The number of hydrogen-bond donors (Lipinski definition) is 0. The highest BCUT2D eigenvalue weighted by atomic mass is 35.5. The van der Waals surface area contributed by atoms with Crippen molar-refractivity contribution in [1.82, 2.24) is 9.47 Å². The molecule has 0 bridgehead atoms. The number of rotatable bonds is 9. The topological polar surface area (TPSA) is 59.4 Å². The molecule has 3 rings (SSSR count). The molecular formula is C25H24ClFN2O3. The van der Waals surface area contributed by atoms with Crippen LogP contribution in [0.3, 0.4) is 0 Å². The molecule has 0 saturated carbocycles. The van der Waals surface area contributed by atoms with Crippen molar-refractivity contribution >= 4 is 23.3 Å². The van der Waals surface area contributed by atoms with E-state index in [2.05, 4.69) is 0 Å². The van der Waals surface area contributed by atoms with Gasteiger partial charge in [0.25, 0.3) is 11.5 Å². The number of Topliss-reactive ketones (excluding diaryl/α,β-unsaturated/α-hetero) is 1.